The van der Waals surface area contributed by atoms with Gasteiger partial charge in [0.15, 0.2) is 0 Å². The van der Waals surface area contributed by atoms with Crippen LogP contribution < -0.4 is 56.7 Å². The van der Waals surface area contributed by atoms with Gasteiger partial charge in [-0.05, 0) is 6.07 Å². The Hall–Kier alpha value is -0.419. The quantitative estimate of drug-likeness (QED) is 0.464. The fourth-order valence-corrected chi connectivity index (χ4v) is 1.25. The number of halogens is 3. The standard InChI is InChI=1S/C9H9BF3N2O3.K/c11-10(12,13)6-5-9(16)14-7-3-1-2-4-8(7)15(17)18;/h1-4H,5-6H2,(H,14,16);/q-1;+1. The molecule has 1 aromatic rings. The molecule has 0 heterocycles. The molecule has 0 fully saturated rings. The van der Waals surface area contributed by atoms with Crippen molar-refractivity contribution in [1.29, 1.82) is 0 Å². The van der Waals surface area contributed by atoms with Crippen molar-refractivity contribution < 1.29 is 74.0 Å². The third kappa shape index (κ3) is 7.06. The number of carbonyl (C=O) groups excluding carboxylic acids is 1. The summed E-state index contributed by atoms with van der Waals surface area (Å²) in [5.74, 6) is -0.900. The van der Waals surface area contributed by atoms with E-state index in [0.29, 0.717) is 0 Å². The SMILES string of the molecule is O=C(CC[B-](F)(F)F)Nc1ccccc1[N+](=O)[O-].[K+]. The third-order valence-electron chi connectivity index (χ3n) is 2.07. The molecule has 1 N–H and O–H groups in total. The first-order valence-corrected chi connectivity index (χ1v) is 5.04. The molecule has 5 nitrogen and oxygen atoms in total. The predicted octanol–water partition coefficient (Wildman–Crippen LogP) is -0.225. The van der Waals surface area contributed by atoms with Crippen molar-refractivity contribution >= 4 is 24.3 Å². The molecule has 0 aliphatic carbocycles. The maximum Gasteiger partial charge on any atom is 1.00 e. The normalized spacial score (nSPS) is 10.5. The molecular weight excluding hydrogens is 291 g/mol. The van der Waals surface area contributed by atoms with Gasteiger partial charge in [0.05, 0.1) is 4.92 Å². The van der Waals surface area contributed by atoms with E-state index in [-0.39, 0.29) is 62.8 Å². The number of amides is 1. The van der Waals surface area contributed by atoms with Gasteiger partial charge in [0, 0.05) is 12.5 Å². The number of anilines is 1. The summed E-state index contributed by atoms with van der Waals surface area (Å²) in [5.41, 5.74) is -0.467. The molecule has 0 aliphatic heterocycles. The number of rotatable bonds is 5. The zero-order valence-corrected chi connectivity index (χ0v) is 13.2. The smallest absolute Gasteiger partial charge is 0.449 e. The summed E-state index contributed by atoms with van der Waals surface area (Å²) in [6.45, 7) is -5.03. The van der Waals surface area contributed by atoms with Gasteiger partial charge < -0.3 is 18.3 Å². The predicted molar refractivity (Wildman–Crippen MR) is 60.2 cm³/mol. The average Bonchev–Trinajstić information content (AvgIpc) is 2.26. The molecule has 19 heavy (non-hydrogen) atoms. The molecule has 0 aromatic heterocycles. The molecule has 0 aliphatic rings. The van der Waals surface area contributed by atoms with Crippen molar-refractivity contribution in [2.24, 2.45) is 0 Å². The van der Waals surface area contributed by atoms with Crippen LogP contribution in [0.2, 0.25) is 6.32 Å². The molecule has 0 radical (unpaired) electrons. The van der Waals surface area contributed by atoms with E-state index < -0.39 is 30.5 Å². The van der Waals surface area contributed by atoms with E-state index in [1.54, 1.807) is 0 Å². The molecule has 0 saturated heterocycles. The summed E-state index contributed by atoms with van der Waals surface area (Å²) in [6, 6.07) is 5.25. The second kappa shape index (κ2) is 8.00. The van der Waals surface area contributed by atoms with Crippen LogP contribution in [0.4, 0.5) is 24.3 Å². The minimum absolute atomic E-state index is 0. The number of benzene rings is 1. The number of hydrogen-bond acceptors (Lipinski definition) is 3. The van der Waals surface area contributed by atoms with Crippen molar-refractivity contribution in [3.63, 3.8) is 0 Å². The Kier molecular flexibility index (Phi) is 7.82. The summed E-state index contributed by atoms with van der Waals surface area (Å²) in [4.78, 5) is 21.1. The largest absolute Gasteiger partial charge is 1.00 e. The zero-order chi connectivity index (χ0) is 13.8. The zero-order valence-electron chi connectivity index (χ0n) is 10.1. The van der Waals surface area contributed by atoms with Crippen LogP contribution in [0.5, 0.6) is 0 Å². The first-order valence-electron chi connectivity index (χ1n) is 5.04. The Morgan fingerprint density at radius 2 is 1.89 bits per heavy atom. The molecule has 0 saturated carbocycles. The van der Waals surface area contributed by atoms with Gasteiger partial charge >= 0.3 is 58.4 Å². The molecular formula is C9H9BF3KN2O3. The number of para-hydroxylation sites is 2. The van der Waals surface area contributed by atoms with Gasteiger partial charge in [-0.1, -0.05) is 18.5 Å². The van der Waals surface area contributed by atoms with Gasteiger partial charge in [0.25, 0.3) is 5.69 Å². The number of nitrogens with one attached hydrogen (secondary N) is 1. The monoisotopic (exact) mass is 300 g/mol. The minimum Gasteiger partial charge on any atom is -0.449 e. The van der Waals surface area contributed by atoms with Crippen LogP contribution in [-0.2, 0) is 4.79 Å². The van der Waals surface area contributed by atoms with Crippen LogP contribution in [0, 0.1) is 10.1 Å². The second-order valence-electron chi connectivity index (χ2n) is 3.57. The summed E-state index contributed by atoms with van der Waals surface area (Å²) in [7, 11) is 0. The molecule has 1 aromatic carbocycles. The number of carbonyl (C=O) groups is 1. The Labute approximate surface area is 149 Å². The Balaban J connectivity index is 0.00000324. The van der Waals surface area contributed by atoms with E-state index in [9.17, 15) is 27.9 Å². The molecule has 1 rings (SSSR count). The number of nitrogens with zero attached hydrogens (tertiary/aromatic N) is 1. The summed E-state index contributed by atoms with van der Waals surface area (Å²) in [5, 5.41) is 12.7. The van der Waals surface area contributed by atoms with Gasteiger partial charge in [-0.25, -0.2) is 0 Å². The van der Waals surface area contributed by atoms with Crippen molar-refractivity contribution in [1.82, 2.24) is 0 Å². The van der Waals surface area contributed by atoms with Gasteiger partial charge in [-0.15, -0.1) is 0 Å². The first kappa shape index (κ1) is 18.6. The van der Waals surface area contributed by atoms with Crippen molar-refractivity contribution in [2.45, 2.75) is 12.7 Å². The minimum atomic E-state index is -5.03. The van der Waals surface area contributed by atoms with Crippen molar-refractivity contribution in [2.75, 3.05) is 5.32 Å². The Bertz CT molecular complexity index is 470. The van der Waals surface area contributed by atoms with Gasteiger partial charge in [0.2, 0.25) is 5.91 Å². The van der Waals surface area contributed by atoms with Crippen LogP contribution in [-0.4, -0.2) is 17.8 Å². The maximum absolute atomic E-state index is 11.9. The van der Waals surface area contributed by atoms with Gasteiger partial charge in [0.1, 0.15) is 5.69 Å². The van der Waals surface area contributed by atoms with E-state index in [4.69, 9.17) is 0 Å². The molecule has 1 amide bonds. The number of nitro groups is 1. The summed E-state index contributed by atoms with van der Waals surface area (Å²) in [6.07, 6.45) is -1.94. The van der Waals surface area contributed by atoms with Crippen LogP contribution in [0.3, 0.4) is 0 Å². The number of hydrogen-bond donors (Lipinski definition) is 1. The molecule has 98 valence electrons. The first-order chi connectivity index (χ1) is 8.29. The Morgan fingerprint density at radius 3 is 2.42 bits per heavy atom. The summed E-state index contributed by atoms with van der Waals surface area (Å²) < 4.78 is 35.8. The van der Waals surface area contributed by atoms with Crippen LogP contribution in [0.1, 0.15) is 6.42 Å². The second-order valence-corrected chi connectivity index (χ2v) is 3.57. The number of nitro benzene ring substituents is 1. The molecule has 10 heteroatoms. The van der Waals surface area contributed by atoms with E-state index in [0.717, 1.165) is 6.07 Å². The molecule has 0 spiro atoms. The van der Waals surface area contributed by atoms with Crippen molar-refractivity contribution in [3.05, 3.63) is 34.4 Å². The fourth-order valence-electron chi connectivity index (χ4n) is 1.25. The third-order valence-corrected chi connectivity index (χ3v) is 2.07. The summed E-state index contributed by atoms with van der Waals surface area (Å²) >= 11 is 0. The topological polar surface area (TPSA) is 72.2 Å². The van der Waals surface area contributed by atoms with Crippen LogP contribution in [0.25, 0.3) is 0 Å². The van der Waals surface area contributed by atoms with E-state index in [1.807, 2.05) is 0 Å². The molecule has 0 atom stereocenters. The molecule has 0 bridgehead atoms. The van der Waals surface area contributed by atoms with Gasteiger partial charge in [-0.2, -0.15) is 0 Å². The maximum atomic E-state index is 11.9. The average molecular weight is 300 g/mol. The van der Waals surface area contributed by atoms with E-state index in [1.165, 1.54) is 18.2 Å². The van der Waals surface area contributed by atoms with E-state index in [2.05, 4.69) is 5.32 Å². The van der Waals surface area contributed by atoms with Crippen LogP contribution >= 0.6 is 0 Å². The van der Waals surface area contributed by atoms with Crippen LogP contribution in [0.15, 0.2) is 24.3 Å². The fraction of sp³-hybridized carbons (Fsp3) is 0.222. The van der Waals surface area contributed by atoms with Crippen molar-refractivity contribution in [3.8, 4) is 0 Å². The molecule has 0 unspecified atom stereocenters. The van der Waals surface area contributed by atoms with Gasteiger partial charge in [-0.3, -0.25) is 14.9 Å². The van der Waals surface area contributed by atoms with E-state index >= 15 is 0 Å². The Morgan fingerprint density at radius 1 is 1.32 bits per heavy atom.